The first-order valence-electron chi connectivity index (χ1n) is 6.69. The lowest BCUT2D eigenvalue weighted by Gasteiger charge is -2.05. The molecule has 0 aliphatic heterocycles. The average Bonchev–Trinajstić information content (AvgIpc) is 3.24. The Morgan fingerprint density at radius 3 is 2.82 bits per heavy atom. The highest BCUT2D eigenvalue weighted by atomic mass is 32.2. The molecule has 5 nitrogen and oxygen atoms in total. The van der Waals surface area contributed by atoms with Crippen molar-refractivity contribution in [3.8, 4) is 0 Å². The molecule has 1 aromatic carbocycles. The van der Waals surface area contributed by atoms with Gasteiger partial charge in [0.05, 0.1) is 6.54 Å². The average molecular weight is 330 g/mol. The second kappa shape index (κ2) is 7.24. The summed E-state index contributed by atoms with van der Waals surface area (Å²) in [6, 6.07) is 11.6. The first-order chi connectivity index (χ1) is 10.8. The fraction of sp³-hybridized carbons (Fsp3) is 0.133. The van der Waals surface area contributed by atoms with Gasteiger partial charge in [0.25, 0.3) is 5.91 Å². The van der Waals surface area contributed by atoms with Gasteiger partial charge in [0, 0.05) is 16.2 Å². The van der Waals surface area contributed by atoms with E-state index in [2.05, 4.69) is 20.5 Å². The smallest absolute Gasteiger partial charge is 0.251 e. The Hall–Kier alpha value is -2.12. The van der Waals surface area contributed by atoms with Crippen molar-refractivity contribution in [2.24, 2.45) is 0 Å². The molecule has 0 saturated carbocycles. The van der Waals surface area contributed by atoms with Gasteiger partial charge in [0.15, 0.2) is 5.16 Å². The van der Waals surface area contributed by atoms with Crippen LogP contribution >= 0.6 is 23.1 Å². The molecule has 2 aromatic heterocycles. The van der Waals surface area contributed by atoms with Crippen LogP contribution in [0.3, 0.4) is 0 Å². The molecule has 0 aliphatic rings. The van der Waals surface area contributed by atoms with E-state index in [0.29, 0.717) is 12.1 Å². The lowest BCUT2D eigenvalue weighted by molar-refractivity contribution is 0.0951. The normalized spacial score (nSPS) is 10.5. The number of hydrogen-bond donors (Lipinski definition) is 2. The Balaban J connectivity index is 1.53. The summed E-state index contributed by atoms with van der Waals surface area (Å²) in [6.45, 7) is 0.569. The molecule has 0 spiro atoms. The molecule has 0 radical (unpaired) electrons. The maximum Gasteiger partial charge on any atom is 0.251 e. The van der Waals surface area contributed by atoms with E-state index in [-0.39, 0.29) is 5.91 Å². The monoisotopic (exact) mass is 330 g/mol. The van der Waals surface area contributed by atoms with Gasteiger partial charge in [0.1, 0.15) is 6.33 Å². The molecule has 2 heterocycles. The third-order valence-corrected chi connectivity index (χ3v) is 4.81. The number of nitrogens with zero attached hydrogens (tertiary/aromatic N) is 2. The van der Waals surface area contributed by atoms with E-state index in [1.807, 2.05) is 41.8 Å². The van der Waals surface area contributed by atoms with Crippen molar-refractivity contribution < 1.29 is 4.79 Å². The molecule has 0 saturated heterocycles. The summed E-state index contributed by atoms with van der Waals surface area (Å²) >= 11 is 3.21. The Labute approximate surface area is 136 Å². The molecule has 0 atom stereocenters. The zero-order chi connectivity index (χ0) is 15.2. The Kier molecular flexibility index (Phi) is 4.87. The van der Waals surface area contributed by atoms with E-state index in [9.17, 15) is 4.79 Å². The maximum atomic E-state index is 12.1. The second-order valence-corrected chi connectivity index (χ2v) is 6.53. The van der Waals surface area contributed by atoms with Crippen LogP contribution in [0.15, 0.2) is 53.3 Å². The number of benzene rings is 1. The molecule has 3 aromatic rings. The van der Waals surface area contributed by atoms with Crippen molar-refractivity contribution in [2.45, 2.75) is 17.5 Å². The number of nitrogens with one attached hydrogen (secondary N) is 2. The van der Waals surface area contributed by atoms with Crippen LogP contribution in [0.4, 0.5) is 0 Å². The summed E-state index contributed by atoms with van der Waals surface area (Å²) in [5, 5.41) is 12.3. The zero-order valence-corrected chi connectivity index (χ0v) is 13.3. The van der Waals surface area contributed by atoms with Gasteiger partial charge in [-0.1, -0.05) is 30.0 Å². The summed E-state index contributed by atoms with van der Waals surface area (Å²) in [5.74, 6) is 0.731. The van der Waals surface area contributed by atoms with Crippen molar-refractivity contribution in [3.63, 3.8) is 0 Å². The fourth-order valence-corrected chi connectivity index (χ4v) is 3.23. The number of rotatable bonds is 6. The number of hydrogen-bond acceptors (Lipinski definition) is 5. The number of H-pyrrole nitrogens is 1. The van der Waals surface area contributed by atoms with Gasteiger partial charge in [0.2, 0.25) is 0 Å². The molecule has 0 unspecified atom stereocenters. The molecule has 112 valence electrons. The van der Waals surface area contributed by atoms with Gasteiger partial charge in [-0.05, 0) is 29.1 Å². The van der Waals surface area contributed by atoms with Gasteiger partial charge in [-0.25, -0.2) is 4.98 Å². The molecular formula is C15H14N4OS2. The van der Waals surface area contributed by atoms with Crippen LogP contribution in [0.2, 0.25) is 0 Å². The van der Waals surface area contributed by atoms with E-state index >= 15 is 0 Å². The van der Waals surface area contributed by atoms with Crippen molar-refractivity contribution in [1.29, 1.82) is 0 Å². The van der Waals surface area contributed by atoms with E-state index < -0.39 is 0 Å². The highest BCUT2D eigenvalue weighted by Gasteiger charge is 2.06. The number of amides is 1. The van der Waals surface area contributed by atoms with Crippen LogP contribution in [0.1, 0.15) is 20.8 Å². The Morgan fingerprint density at radius 1 is 1.27 bits per heavy atom. The van der Waals surface area contributed by atoms with Crippen LogP contribution < -0.4 is 5.32 Å². The number of carbonyl (C=O) groups excluding carboxylic acids is 1. The predicted octanol–water partition coefficient (Wildman–Crippen LogP) is 3.09. The van der Waals surface area contributed by atoms with Crippen molar-refractivity contribution >= 4 is 29.0 Å². The lowest BCUT2D eigenvalue weighted by Crippen LogP contribution is -2.22. The number of aromatic nitrogens is 3. The number of aromatic amines is 1. The minimum atomic E-state index is -0.0529. The van der Waals surface area contributed by atoms with Gasteiger partial charge < -0.3 is 5.32 Å². The number of thiophene rings is 1. The van der Waals surface area contributed by atoms with E-state index in [1.54, 1.807) is 23.1 Å². The minimum Gasteiger partial charge on any atom is -0.347 e. The molecule has 0 bridgehead atoms. The summed E-state index contributed by atoms with van der Waals surface area (Å²) in [4.78, 5) is 17.3. The SMILES string of the molecule is O=C(NCc1cccs1)c1ccc(CSc2ncn[nH]2)cc1. The largest absolute Gasteiger partial charge is 0.347 e. The van der Waals surface area contributed by atoms with E-state index in [1.165, 1.54) is 6.33 Å². The molecular weight excluding hydrogens is 316 g/mol. The third-order valence-electron chi connectivity index (χ3n) is 2.99. The van der Waals surface area contributed by atoms with E-state index in [4.69, 9.17) is 0 Å². The van der Waals surface area contributed by atoms with Crippen LogP contribution in [-0.4, -0.2) is 21.1 Å². The predicted molar refractivity (Wildman–Crippen MR) is 87.9 cm³/mol. The second-order valence-electron chi connectivity index (χ2n) is 4.54. The van der Waals surface area contributed by atoms with Gasteiger partial charge >= 0.3 is 0 Å². The van der Waals surface area contributed by atoms with Gasteiger partial charge in [-0.15, -0.1) is 11.3 Å². The summed E-state index contributed by atoms with van der Waals surface area (Å²) in [7, 11) is 0. The highest BCUT2D eigenvalue weighted by Crippen LogP contribution is 2.18. The summed E-state index contributed by atoms with van der Waals surface area (Å²) in [6.07, 6.45) is 1.49. The van der Waals surface area contributed by atoms with Crippen molar-refractivity contribution in [1.82, 2.24) is 20.5 Å². The maximum absolute atomic E-state index is 12.1. The van der Waals surface area contributed by atoms with Crippen molar-refractivity contribution in [3.05, 3.63) is 64.1 Å². The minimum absolute atomic E-state index is 0.0529. The first-order valence-corrected chi connectivity index (χ1v) is 8.55. The highest BCUT2D eigenvalue weighted by molar-refractivity contribution is 7.98. The molecule has 0 fully saturated rings. The molecule has 7 heteroatoms. The Morgan fingerprint density at radius 2 is 2.14 bits per heavy atom. The molecule has 1 amide bonds. The molecule has 0 aliphatic carbocycles. The topological polar surface area (TPSA) is 70.7 Å². The third kappa shape index (κ3) is 3.96. The number of carbonyl (C=O) groups is 1. The fourth-order valence-electron chi connectivity index (χ4n) is 1.85. The van der Waals surface area contributed by atoms with Gasteiger partial charge in [-0.2, -0.15) is 5.10 Å². The zero-order valence-electron chi connectivity index (χ0n) is 11.7. The lowest BCUT2D eigenvalue weighted by atomic mass is 10.1. The van der Waals surface area contributed by atoms with Crippen LogP contribution in [0.5, 0.6) is 0 Å². The van der Waals surface area contributed by atoms with Crippen LogP contribution in [0, 0.1) is 0 Å². The first kappa shape index (κ1) is 14.8. The van der Waals surface area contributed by atoms with Crippen molar-refractivity contribution in [2.75, 3.05) is 0 Å². The van der Waals surface area contributed by atoms with Crippen LogP contribution in [-0.2, 0) is 12.3 Å². The quantitative estimate of drug-likeness (QED) is 0.681. The number of thioether (sulfide) groups is 1. The summed E-state index contributed by atoms with van der Waals surface area (Å²) in [5.41, 5.74) is 1.81. The Bertz CT molecular complexity index is 709. The van der Waals surface area contributed by atoms with Crippen LogP contribution in [0.25, 0.3) is 0 Å². The standard InChI is InChI=1S/C15H14N4OS2/c20-14(16-8-13-2-1-7-21-13)12-5-3-11(4-6-12)9-22-15-17-10-18-19-15/h1-7,10H,8-9H2,(H,16,20)(H,17,18,19). The molecule has 3 rings (SSSR count). The van der Waals surface area contributed by atoms with Gasteiger partial charge in [-0.3, -0.25) is 9.89 Å². The van der Waals surface area contributed by atoms with E-state index in [0.717, 1.165) is 21.3 Å². The molecule has 22 heavy (non-hydrogen) atoms. The summed E-state index contributed by atoms with van der Waals surface area (Å²) < 4.78 is 0. The molecule has 2 N–H and O–H groups in total.